The minimum Gasteiger partial charge on any atom is -0.457 e. The van der Waals surface area contributed by atoms with Crippen LogP contribution in [0.15, 0.2) is 54.6 Å². The lowest BCUT2D eigenvalue weighted by atomic mass is 10.3. The van der Waals surface area contributed by atoms with Crippen LogP contribution in [0, 0.1) is 0 Å². The van der Waals surface area contributed by atoms with E-state index >= 15 is 0 Å². The maximum Gasteiger partial charge on any atom is 0.321 e. The second-order valence-corrected chi connectivity index (χ2v) is 4.67. The molecule has 2 amide bonds. The molecule has 0 aliphatic carbocycles. The number of benzene rings is 2. The molecule has 2 aromatic carbocycles. The molecule has 0 aromatic heterocycles. The second kappa shape index (κ2) is 8.05. The lowest BCUT2D eigenvalue weighted by molar-refractivity contribution is 0.192. The van der Waals surface area contributed by atoms with E-state index in [1.807, 2.05) is 37.3 Å². The molecule has 0 atom stereocenters. The second-order valence-electron chi connectivity index (χ2n) is 4.67. The molecule has 22 heavy (non-hydrogen) atoms. The van der Waals surface area contributed by atoms with Crippen LogP contribution in [0.2, 0.25) is 0 Å². The van der Waals surface area contributed by atoms with Gasteiger partial charge in [0.25, 0.3) is 0 Å². The molecule has 0 aliphatic rings. The number of aliphatic hydroxyl groups is 1. The number of aliphatic hydroxyl groups excluding tert-OH is 1. The molecular formula is C17H20N2O3. The van der Waals surface area contributed by atoms with Gasteiger partial charge in [0.2, 0.25) is 0 Å². The fourth-order valence-electron chi connectivity index (χ4n) is 1.96. The van der Waals surface area contributed by atoms with E-state index in [2.05, 4.69) is 5.32 Å². The molecule has 0 saturated carbocycles. The van der Waals surface area contributed by atoms with Gasteiger partial charge in [0.15, 0.2) is 0 Å². The molecular weight excluding hydrogens is 280 g/mol. The molecule has 0 spiro atoms. The number of ether oxygens (including phenoxy) is 1. The summed E-state index contributed by atoms with van der Waals surface area (Å²) in [6.45, 7) is 2.68. The van der Waals surface area contributed by atoms with Crippen LogP contribution in [0.4, 0.5) is 10.5 Å². The summed E-state index contributed by atoms with van der Waals surface area (Å²) in [4.78, 5) is 13.5. The zero-order chi connectivity index (χ0) is 15.8. The number of nitrogens with one attached hydrogen (secondary N) is 1. The fourth-order valence-corrected chi connectivity index (χ4v) is 1.96. The lowest BCUT2D eigenvalue weighted by Crippen LogP contribution is -2.36. The van der Waals surface area contributed by atoms with Crippen LogP contribution < -0.4 is 10.1 Å². The third-order valence-corrected chi connectivity index (χ3v) is 3.12. The molecule has 2 rings (SSSR count). The average Bonchev–Trinajstić information content (AvgIpc) is 2.55. The highest BCUT2D eigenvalue weighted by molar-refractivity contribution is 5.89. The van der Waals surface area contributed by atoms with Gasteiger partial charge in [-0.25, -0.2) is 4.79 Å². The molecule has 2 N–H and O–H groups in total. The third kappa shape index (κ3) is 4.49. The van der Waals surface area contributed by atoms with Crippen molar-refractivity contribution >= 4 is 11.7 Å². The number of carbonyl (C=O) groups excluding carboxylic acids is 1. The van der Waals surface area contributed by atoms with Crippen molar-refractivity contribution in [1.82, 2.24) is 4.90 Å². The highest BCUT2D eigenvalue weighted by Gasteiger charge is 2.10. The summed E-state index contributed by atoms with van der Waals surface area (Å²) < 4.78 is 5.69. The first-order valence-electron chi connectivity index (χ1n) is 7.22. The van der Waals surface area contributed by atoms with Crippen LogP contribution in [-0.4, -0.2) is 35.7 Å². The first-order chi connectivity index (χ1) is 10.7. The molecule has 0 saturated heterocycles. The van der Waals surface area contributed by atoms with Crippen LogP contribution in [0.5, 0.6) is 11.5 Å². The van der Waals surface area contributed by atoms with Gasteiger partial charge in [0.05, 0.1) is 6.61 Å². The third-order valence-electron chi connectivity index (χ3n) is 3.12. The van der Waals surface area contributed by atoms with E-state index in [-0.39, 0.29) is 12.6 Å². The van der Waals surface area contributed by atoms with E-state index in [9.17, 15) is 4.79 Å². The zero-order valence-electron chi connectivity index (χ0n) is 12.5. The van der Waals surface area contributed by atoms with Crippen molar-refractivity contribution in [2.75, 3.05) is 25.0 Å². The molecule has 2 aromatic rings. The molecule has 0 aliphatic heterocycles. The zero-order valence-corrected chi connectivity index (χ0v) is 12.5. The minimum absolute atomic E-state index is 0.0505. The molecule has 0 radical (unpaired) electrons. The number of anilines is 1. The highest BCUT2D eigenvalue weighted by atomic mass is 16.5. The summed E-state index contributed by atoms with van der Waals surface area (Å²) in [5, 5.41) is 11.7. The number of likely N-dealkylation sites (N-methyl/N-ethyl adjacent to an activating group) is 1. The SMILES string of the molecule is CCN(CCO)C(=O)Nc1ccc(Oc2ccccc2)cc1. The standard InChI is InChI=1S/C17H20N2O3/c1-2-19(12-13-20)17(21)18-14-8-10-16(11-9-14)22-15-6-4-3-5-7-15/h3-11,20H,2,12-13H2,1H3,(H,18,21). The van der Waals surface area contributed by atoms with Crippen molar-refractivity contribution in [1.29, 1.82) is 0 Å². The number of hydrogen-bond donors (Lipinski definition) is 2. The van der Waals surface area contributed by atoms with Gasteiger partial charge in [-0.3, -0.25) is 0 Å². The minimum atomic E-state index is -0.228. The van der Waals surface area contributed by atoms with Crippen LogP contribution in [0.25, 0.3) is 0 Å². The van der Waals surface area contributed by atoms with Gasteiger partial charge in [-0.2, -0.15) is 0 Å². The van der Waals surface area contributed by atoms with Gasteiger partial charge in [0, 0.05) is 18.8 Å². The highest BCUT2D eigenvalue weighted by Crippen LogP contribution is 2.22. The molecule has 5 heteroatoms. The molecule has 5 nitrogen and oxygen atoms in total. The molecule has 0 heterocycles. The van der Waals surface area contributed by atoms with Gasteiger partial charge in [-0.05, 0) is 43.3 Å². The molecule has 0 bridgehead atoms. The summed E-state index contributed by atoms with van der Waals surface area (Å²) in [5.41, 5.74) is 0.682. The van der Waals surface area contributed by atoms with Gasteiger partial charge >= 0.3 is 6.03 Å². The Labute approximate surface area is 130 Å². The summed E-state index contributed by atoms with van der Waals surface area (Å²) in [6, 6.07) is 16.4. The van der Waals surface area contributed by atoms with E-state index in [1.54, 1.807) is 24.3 Å². The number of para-hydroxylation sites is 1. The maximum absolute atomic E-state index is 12.0. The predicted octanol–water partition coefficient (Wildman–Crippen LogP) is 3.33. The normalized spacial score (nSPS) is 10.1. The average molecular weight is 300 g/mol. The van der Waals surface area contributed by atoms with E-state index in [0.717, 1.165) is 5.75 Å². The lowest BCUT2D eigenvalue weighted by Gasteiger charge is -2.20. The smallest absolute Gasteiger partial charge is 0.321 e. The Bertz CT molecular complexity index is 585. The van der Waals surface area contributed by atoms with Crippen molar-refractivity contribution < 1.29 is 14.6 Å². The molecule has 0 unspecified atom stereocenters. The van der Waals surface area contributed by atoms with E-state index in [4.69, 9.17) is 9.84 Å². The number of nitrogens with zero attached hydrogens (tertiary/aromatic N) is 1. The molecule has 0 fully saturated rings. The Hall–Kier alpha value is -2.53. The largest absolute Gasteiger partial charge is 0.457 e. The van der Waals surface area contributed by atoms with E-state index in [1.165, 1.54) is 4.90 Å². The van der Waals surface area contributed by atoms with Crippen LogP contribution in [-0.2, 0) is 0 Å². The number of rotatable bonds is 6. The van der Waals surface area contributed by atoms with Crippen molar-refractivity contribution in [3.05, 3.63) is 54.6 Å². The van der Waals surface area contributed by atoms with Crippen LogP contribution >= 0.6 is 0 Å². The summed E-state index contributed by atoms with van der Waals surface area (Å²) >= 11 is 0. The Kier molecular flexibility index (Phi) is 5.80. The van der Waals surface area contributed by atoms with Gasteiger partial charge in [-0.1, -0.05) is 18.2 Å². The Morgan fingerprint density at radius 2 is 1.73 bits per heavy atom. The number of urea groups is 1. The number of carbonyl (C=O) groups is 1. The van der Waals surface area contributed by atoms with Gasteiger partial charge < -0.3 is 20.1 Å². The van der Waals surface area contributed by atoms with Gasteiger partial charge in [-0.15, -0.1) is 0 Å². The molecule has 116 valence electrons. The summed E-state index contributed by atoms with van der Waals surface area (Å²) in [7, 11) is 0. The van der Waals surface area contributed by atoms with Gasteiger partial charge in [0.1, 0.15) is 11.5 Å². The predicted molar refractivity (Wildman–Crippen MR) is 86.3 cm³/mol. The summed E-state index contributed by atoms with van der Waals surface area (Å²) in [5.74, 6) is 1.46. The first kappa shape index (κ1) is 15.9. The Morgan fingerprint density at radius 3 is 2.32 bits per heavy atom. The van der Waals surface area contributed by atoms with Crippen molar-refractivity contribution in [2.45, 2.75) is 6.92 Å². The number of hydrogen-bond acceptors (Lipinski definition) is 3. The van der Waals surface area contributed by atoms with Crippen LogP contribution in [0.1, 0.15) is 6.92 Å². The van der Waals surface area contributed by atoms with Crippen LogP contribution in [0.3, 0.4) is 0 Å². The van der Waals surface area contributed by atoms with Crippen molar-refractivity contribution in [3.8, 4) is 11.5 Å². The topological polar surface area (TPSA) is 61.8 Å². The van der Waals surface area contributed by atoms with Crippen molar-refractivity contribution in [2.24, 2.45) is 0 Å². The van der Waals surface area contributed by atoms with E-state index < -0.39 is 0 Å². The monoisotopic (exact) mass is 300 g/mol. The fraction of sp³-hybridized carbons (Fsp3) is 0.235. The Balaban J connectivity index is 1.95. The Morgan fingerprint density at radius 1 is 1.09 bits per heavy atom. The first-order valence-corrected chi connectivity index (χ1v) is 7.22. The number of amides is 2. The quantitative estimate of drug-likeness (QED) is 0.860. The van der Waals surface area contributed by atoms with Crippen molar-refractivity contribution in [3.63, 3.8) is 0 Å². The maximum atomic E-state index is 12.0. The summed E-state index contributed by atoms with van der Waals surface area (Å²) in [6.07, 6.45) is 0. The van der Waals surface area contributed by atoms with E-state index in [0.29, 0.717) is 24.5 Å².